The molecule has 1 aromatic rings. The monoisotopic (exact) mass is 381 g/mol. The fraction of sp³-hybridized carbons (Fsp3) is 0.500. The second-order valence-electron chi connectivity index (χ2n) is 5.05. The van der Waals surface area contributed by atoms with Crippen molar-refractivity contribution < 1.29 is 22.0 Å². The largest absolute Gasteiger partial charge is 0.349 e. The normalized spacial score (nSPS) is 13.5. The molecule has 0 aliphatic carbocycles. The van der Waals surface area contributed by atoms with Crippen LogP contribution >= 0.6 is 11.8 Å². The van der Waals surface area contributed by atoms with Gasteiger partial charge in [-0.15, -0.1) is 0 Å². The number of thioether (sulfide) groups is 1. The topological polar surface area (TPSA) is 101 Å². The molecule has 0 aliphatic rings. The SMILES string of the molecule is CSCCC(NS(=O)(=O)c1ccccc1)C(=O)NCC(F)(F)CN. The molecule has 10 heteroatoms. The molecule has 1 rings (SSSR count). The van der Waals surface area contributed by atoms with Gasteiger partial charge in [0.05, 0.1) is 18.0 Å². The van der Waals surface area contributed by atoms with E-state index in [2.05, 4.69) is 10.0 Å². The van der Waals surface area contributed by atoms with Gasteiger partial charge in [-0.25, -0.2) is 17.2 Å². The van der Waals surface area contributed by atoms with Gasteiger partial charge < -0.3 is 11.1 Å². The van der Waals surface area contributed by atoms with Gasteiger partial charge in [-0.3, -0.25) is 4.79 Å². The average molecular weight is 381 g/mol. The summed E-state index contributed by atoms with van der Waals surface area (Å²) in [6.07, 6.45) is 1.97. The maximum Gasteiger partial charge on any atom is 0.277 e. The average Bonchev–Trinajstić information content (AvgIpc) is 2.57. The first-order valence-electron chi connectivity index (χ1n) is 7.14. The third-order valence-electron chi connectivity index (χ3n) is 3.10. The molecule has 0 radical (unpaired) electrons. The molecular weight excluding hydrogens is 360 g/mol. The van der Waals surface area contributed by atoms with E-state index in [1.807, 2.05) is 0 Å². The Kier molecular flexibility index (Phi) is 8.07. The third-order valence-corrected chi connectivity index (χ3v) is 5.23. The number of carbonyl (C=O) groups excluding carboxylic acids is 1. The van der Waals surface area contributed by atoms with Crippen LogP contribution in [-0.4, -0.2) is 51.4 Å². The minimum absolute atomic E-state index is 0.000704. The molecule has 0 saturated heterocycles. The van der Waals surface area contributed by atoms with Crippen LogP contribution in [-0.2, 0) is 14.8 Å². The molecule has 1 amide bonds. The first-order chi connectivity index (χ1) is 11.2. The van der Waals surface area contributed by atoms with E-state index in [1.165, 1.54) is 23.9 Å². The minimum atomic E-state index is -3.93. The molecule has 24 heavy (non-hydrogen) atoms. The van der Waals surface area contributed by atoms with Crippen molar-refractivity contribution >= 4 is 27.7 Å². The van der Waals surface area contributed by atoms with Crippen LogP contribution in [0.5, 0.6) is 0 Å². The molecule has 1 atom stereocenters. The highest BCUT2D eigenvalue weighted by molar-refractivity contribution is 7.98. The summed E-state index contributed by atoms with van der Waals surface area (Å²) in [6.45, 7) is -1.84. The number of hydrogen-bond acceptors (Lipinski definition) is 5. The van der Waals surface area contributed by atoms with E-state index in [1.54, 1.807) is 24.5 Å². The molecule has 0 heterocycles. The van der Waals surface area contributed by atoms with Crippen LogP contribution in [0.2, 0.25) is 0 Å². The molecule has 0 aliphatic heterocycles. The van der Waals surface area contributed by atoms with Gasteiger partial charge in [-0.1, -0.05) is 18.2 Å². The van der Waals surface area contributed by atoms with E-state index in [0.29, 0.717) is 5.75 Å². The summed E-state index contributed by atoms with van der Waals surface area (Å²) in [5.74, 6) is -3.56. The first-order valence-corrected chi connectivity index (χ1v) is 10.0. The van der Waals surface area contributed by atoms with E-state index in [-0.39, 0.29) is 11.3 Å². The van der Waals surface area contributed by atoms with Crippen molar-refractivity contribution in [2.75, 3.05) is 25.1 Å². The number of amides is 1. The zero-order chi connectivity index (χ0) is 18.2. The molecule has 0 aromatic heterocycles. The van der Waals surface area contributed by atoms with E-state index in [4.69, 9.17) is 5.73 Å². The zero-order valence-electron chi connectivity index (χ0n) is 13.2. The predicted octanol–water partition coefficient (Wildman–Crippen LogP) is 0.797. The van der Waals surface area contributed by atoms with Crippen molar-refractivity contribution in [2.45, 2.75) is 23.3 Å². The van der Waals surface area contributed by atoms with Gasteiger partial charge in [0, 0.05) is 0 Å². The van der Waals surface area contributed by atoms with Crippen molar-refractivity contribution in [3.8, 4) is 0 Å². The highest BCUT2D eigenvalue weighted by atomic mass is 32.2. The number of rotatable bonds is 10. The number of benzene rings is 1. The Bertz CT molecular complexity index is 627. The Morgan fingerprint density at radius 3 is 2.50 bits per heavy atom. The van der Waals surface area contributed by atoms with E-state index in [9.17, 15) is 22.0 Å². The highest BCUT2D eigenvalue weighted by Crippen LogP contribution is 2.12. The van der Waals surface area contributed by atoms with Crippen LogP contribution in [0.1, 0.15) is 6.42 Å². The van der Waals surface area contributed by atoms with Crippen molar-refractivity contribution in [1.82, 2.24) is 10.0 Å². The van der Waals surface area contributed by atoms with E-state index in [0.717, 1.165) is 0 Å². The summed E-state index contributed by atoms with van der Waals surface area (Å²) >= 11 is 1.41. The zero-order valence-corrected chi connectivity index (χ0v) is 14.8. The van der Waals surface area contributed by atoms with Gasteiger partial charge in [0.2, 0.25) is 15.9 Å². The van der Waals surface area contributed by atoms with Crippen LogP contribution in [0.15, 0.2) is 35.2 Å². The Morgan fingerprint density at radius 2 is 1.96 bits per heavy atom. The lowest BCUT2D eigenvalue weighted by Crippen LogP contribution is -2.50. The molecule has 1 aromatic carbocycles. The second-order valence-corrected chi connectivity index (χ2v) is 7.75. The van der Waals surface area contributed by atoms with Crippen molar-refractivity contribution in [2.24, 2.45) is 5.73 Å². The van der Waals surface area contributed by atoms with Crippen LogP contribution in [0.3, 0.4) is 0 Å². The van der Waals surface area contributed by atoms with E-state index < -0.39 is 41.0 Å². The van der Waals surface area contributed by atoms with E-state index >= 15 is 0 Å². The Labute approximate surface area is 144 Å². The van der Waals surface area contributed by atoms with Crippen LogP contribution < -0.4 is 15.8 Å². The van der Waals surface area contributed by atoms with Gasteiger partial charge in [0.15, 0.2) is 0 Å². The smallest absolute Gasteiger partial charge is 0.277 e. The summed E-state index contributed by atoms with van der Waals surface area (Å²) in [7, 11) is -3.93. The molecular formula is C14H21F2N3O3S2. The quantitative estimate of drug-likeness (QED) is 0.556. The number of halogens is 2. The van der Waals surface area contributed by atoms with Crippen molar-refractivity contribution in [3.63, 3.8) is 0 Å². The lowest BCUT2D eigenvalue weighted by molar-refractivity contribution is -0.124. The van der Waals surface area contributed by atoms with Gasteiger partial charge in [-0.2, -0.15) is 16.5 Å². The fourth-order valence-electron chi connectivity index (χ4n) is 1.75. The minimum Gasteiger partial charge on any atom is -0.349 e. The summed E-state index contributed by atoms with van der Waals surface area (Å²) in [5.41, 5.74) is 4.91. The third kappa shape index (κ3) is 6.71. The standard InChI is InChI=1S/C14H21F2N3O3S2/c1-23-8-7-12(13(20)18-10-14(15,16)9-17)19-24(21,22)11-5-3-2-4-6-11/h2-6,12,19H,7-10,17H2,1H3,(H,18,20). The number of nitrogens with two attached hydrogens (primary N) is 1. The first kappa shape index (κ1) is 20.8. The molecule has 1 unspecified atom stereocenters. The van der Waals surface area contributed by atoms with Crippen LogP contribution in [0.25, 0.3) is 0 Å². The Morgan fingerprint density at radius 1 is 1.33 bits per heavy atom. The summed E-state index contributed by atoms with van der Waals surface area (Å²) in [6, 6.07) is 6.38. The molecule has 0 bridgehead atoms. The lowest BCUT2D eigenvalue weighted by Gasteiger charge is -2.20. The molecule has 4 N–H and O–H groups in total. The maximum absolute atomic E-state index is 13.1. The number of hydrogen-bond donors (Lipinski definition) is 3. The summed E-state index contributed by atoms with van der Waals surface area (Å²) < 4.78 is 53.2. The predicted molar refractivity (Wildman–Crippen MR) is 90.6 cm³/mol. The summed E-state index contributed by atoms with van der Waals surface area (Å²) in [5, 5.41) is 2.05. The van der Waals surface area contributed by atoms with Crippen LogP contribution in [0, 0.1) is 0 Å². The number of alkyl halides is 2. The Hall–Kier alpha value is -1.23. The summed E-state index contributed by atoms with van der Waals surface area (Å²) in [4.78, 5) is 12.1. The molecule has 0 fully saturated rings. The van der Waals surface area contributed by atoms with Crippen molar-refractivity contribution in [3.05, 3.63) is 30.3 Å². The van der Waals surface area contributed by atoms with Gasteiger partial charge >= 0.3 is 0 Å². The van der Waals surface area contributed by atoms with Crippen molar-refractivity contribution in [1.29, 1.82) is 0 Å². The second kappa shape index (κ2) is 9.30. The van der Waals surface area contributed by atoms with Gasteiger partial charge in [0.25, 0.3) is 5.92 Å². The number of nitrogens with one attached hydrogen (secondary N) is 2. The maximum atomic E-state index is 13.1. The van der Waals surface area contributed by atoms with Gasteiger partial charge in [0.1, 0.15) is 6.04 Å². The van der Waals surface area contributed by atoms with Crippen LogP contribution in [0.4, 0.5) is 8.78 Å². The Balaban J connectivity index is 2.83. The lowest BCUT2D eigenvalue weighted by atomic mass is 10.2. The molecule has 0 saturated carbocycles. The van der Waals surface area contributed by atoms with Gasteiger partial charge in [-0.05, 0) is 30.6 Å². The fourth-order valence-corrected chi connectivity index (χ4v) is 3.47. The molecule has 6 nitrogen and oxygen atoms in total. The number of carbonyl (C=O) groups is 1. The molecule has 0 spiro atoms. The number of sulfonamides is 1. The highest BCUT2D eigenvalue weighted by Gasteiger charge is 2.30. The molecule has 136 valence electrons.